The van der Waals surface area contributed by atoms with Crippen LogP contribution in [0.1, 0.15) is 21.7 Å². The molecule has 0 aliphatic heterocycles. The van der Waals surface area contributed by atoms with Gasteiger partial charge >= 0.3 is 0 Å². The number of hydrogen-bond donors (Lipinski definition) is 2. The standard InChI is InChI=1S/C33H31ClN6O2/c1-39(2)17-7-12-31(41)36-24-15-13-23(14-16-24)33(42)37-25-9-6-8-22(18-25)19-30-35-20-28(34)32(38-30)27-21-40(3)29-11-5-4-10-26(27)29/h4-16,18,20-21H,17,19H2,1-3H3,(H,36,41)(H,37,42)/b12-7+. The van der Waals surface area contributed by atoms with Crippen molar-refractivity contribution in [3.8, 4) is 11.3 Å². The second-order valence-corrected chi connectivity index (χ2v) is 10.6. The average Bonchev–Trinajstić information content (AvgIpc) is 3.30. The van der Waals surface area contributed by atoms with Crippen molar-refractivity contribution in [2.45, 2.75) is 6.42 Å². The normalized spacial score (nSPS) is 11.4. The maximum atomic E-state index is 12.9. The van der Waals surface area contributed by atoms with Crippen molar-refractivity contribution in [1.29, 1.82) is 0 Å². The van der Waals surface area contributed by atoms with Gasteiger partial charge in [-0.2, -0.15) is 0 Å². The molecule has 8 nitrogen and oxygen atoms in total. The molecule has 0 unspecified atom stereocenters. The highest BCUT2D eigenvalue weighted by atomic mass is 35.5. The monoisotopic (exact) mass is 578 g/mol. The van der Waals surface area contributed by atoms with E-state index >= 15 is 0 Å². The van der Waals surface area contributed by atoms with E-state index in [-0.39, 0.29) is 11.8 Å². The van der Waals surface area contributed by atoms with E-state index in [2.05, 4.69) is 32.3 Å². The Morgan fingerprint density at radius 2 is 1.76 bits per heavy atom. The van der Waals surface area contributed by atoms with Crippen LogP contribution in [0.3, 0.4) is 0 Å². The lowest BCUT2D eigenvalue weighted by Gasteiger charge is -2.09. The maximum absolute atomic E-state index is 12.9. The Labute approximate surface area is 249 Å². The number of carbonyl (C=O) groups excluding carboxylic acids is 2. The maximum Gasteiger partial charge on any atom is 0.255 e. The molecule has 2 amide bonds. The van der Waals surface area contributed by atoms with Gasteiger partial charge < -0.3 is 20.1 Å². The number of para-hydroxylation sites is 1. The molecule has 5 rings (SSSR count). The van der Waals surface area contributed by atoms with Gasteiger partial charge in [0.15, 0.2) is 0 Å². The summed E-state index contributed by atoms with van der Waals surface area (Å²) in [6.07, 6.45) is 7.42. The van der Waals surface area contributed by atoms with E-state index in [9.17, 15) is 9.59 Å². The topological polar surface area (TPSA) is 92.2 Å². The first-order valence-electron chi connectivity index (χ1n) is 13.5. The Hall–Kier alpha value is -4.79. The minimum Gasteiger partial charge on any atom is -0.350 e. The fraction of sp³-hybridized carbons (Fsp3) is 0.152. The molecular formula is C33H31ClN6O2. The third-order valence-corrected chi connectivity index (χ3v) is 6.92. The minimum atomic E-state index is -0.253. The van der Waals surface area contributed by atoms with Crippen molar-refractivity contribution >= 4 is 45.7 Å². The first-order chi connectivity index (χ1) is 20.3. The van der Waals surface area contributed by atoms with Crippen molar-refractivity contribution in [1.82, 2.24) is 19.4 Å². The highest BCUT2D eigenvalue weighted by Gasteiger charge is 2.15. The number of fused-ring (bicyclic) bond motifs is 1. The fourth-order valence-electron chi connectivity index (χ4n) is 4.61. The van der Waals surface area contributed by atoms with Crippen LogP contribution < -0.4 is 10.6 Å². The predicted molar refractivity (Wildman–Crippen MR) is 169 cm³/mol. The highest BCUT2D eigenvalue weighted by molar-refractivity contribution is 6.33. The molecular weight excluding hydrogens is 548 g/mol. The molecule has 2 N–H and O–H groups in total. The molecule has 9 heteroatoms. The van der Waals surface area contributed by atoms with Crippen LogP contribution in [0.4, 0.5) is 11.4 Å². The SMILES string of the molecule is CN(C)C/C=C/C(=O)Nc1ccc(C(=O)Nc2cccc(Cc3ncc(Cl)c(-c4cn(C)c5ccccc45)n3)c2)cc1. The van der Waals surface area contributed by atoms with E-state index in [0.29, 0.717) is 46.4 Å². The lowest BCUT2D eigenvalue weighted by atomic mass is 10.1. The first kappa shape index (κ1) is 28.7. The van der Waals surface area contributed by atoms with Gasteiger partial charge in [0, 0.05) is 71.9 Å². The lowest BCUT2D eigenvalue weighted by Crippen LogP contribution is -2.14. The number of rotatable bonds is 9. The van der Waals surface area contributed by atoms with E-state index in [1.807, 2.05) is 68.6 Å². The number of anilines is 2. The summed E-state index contributed by atoms with van der Waals surface area (Å²) < 4.78 is 2.06. The number of hydrogen-bond acceptors (Lipinski definition) is 5. The molecule has 0 aliphatic carbocycles. The van der Waals surface area contributed by atoms with Crippen molar-refractivity contribution in [2.75, 3.05) is 31.3 Å². The smallest absolute Gasteiger partial charge is 0.255 e. The van der Waals surface area contributed by atoms with Gasteiger partial charge in [0.05, 0.1) is 10.7 Å². The Kier molecular flexibility index (Phi) is 8.76. The van der Waals surface area contributed by atoms with Crippen molar-refractivity contribution in [3.05, 3.63) is 119 Å². The first-order valence-corrected chi connectivity index (χ1v) is 13.8. The summed E-state index contributed by atoms with van der Waals surface area (Å²) in [5.41, 5.74) is 5.42. The Bertz CT molecular complexity index is 1780. The minimum absolute atomic E-state index is 0.222. The van der Waals surface area contributed by atoms with Gasteiger partial charge in [0.1, 0.15) is 5.82 Å². The van der Waals surface area contributed by atoms with Crippen LogP contribution >= 0.6 is 11.6 Å². The summed E-state index contributed by atoms with van der Waals surface area (Å²) in [6, 6.07) is 22.5. The van der Waals surface area contributed by atoms with Crippen molar-refractivity contribution in [3.63, 3.8) is 0 Å². The largest absolute Gasteiger partial charge is 0.350 e. The van der Waals surface area contributed by atoms with Crippen molar-refractivity contribution in [2.24, 2.45) is 7.05 Å². The molecule has 0 saturated heterocycles. The van der Waals surface area contributed by atoms with Gasteiger partial charge in [-0.15, -0.1) is 0 Å². The summed E-state index contributed by atoms with van der Waals surface area (Å²) >= 11 is 6.54. The summed E-state index contributed by atoms with van der Waals surface area (Å²) in [7, 11) is 5.86. The van der Waals surface area contributed by atoms with Gasteiger partial charge in [-0.3, -0.25) is 9.59 Å². The van der Waals surface area contributed by atoms with Gasteiger partial charge in [-0.25, -0.2) is 9.97 Å². The summed E-state index contributed by atoms with van der Waals surface area (Å²) in [6.45, 7) is 0.673. The van der Waals surface area contributed by atoms with E-state index in [1.165, 1.54) is 6.08 Å². The predicted octanol–water partition coefficient (Wildman–Crippen LogP) is 6.19. The number of likely N-dealkylation sites (N-methyl/N-ethyl adjacent to an activating group) is 1. The number of amides is 2. The molecule has 0 spiro atoms. The lowest BCUT2D eigenvalue weighted by molar-refractivity contribution is -0.111. The second-order valence-electron chi connectivity index (χ2n) is 10.2. The van der Waals surface area contributed by atoms with Crippen LogP contribution in [0.2, 0.25) is 5.02 Å². The third kappa shape index (κ3) is 6.91. The number of nitrogens with one attached hydrogen (secondary N) is 2. The Morgan fingerprint density at radius 1 is 0.976 bits per heavy atom. The van der Waals surface area contributed by atoms with Crippen LogP contribution in [0.15, 0.2) is 97.3 Å². The molecule has 0 radical (unpaired) electrons. The van der Waals surface area contributed by atoms with Crippen LogP contribution in [-0.4, -0.2) is 51.9 Å². The number of aromatic nitrogens is 3. The molecule has 0 saturated carbocycles. The number of nitrogens with zero attached hydrogens (tertiary/aromatic N) is 4. The van der Waals surface area contributed by atoms with E-state index in [1.54, 1.807) is 36.5 Å². The van der Waals surface area contributed by atoms with Crippen LogP contribution in [0.5, 0.6) is 0 Å². The zero-order valence-electron chi connectivity index (χ0n) is 23.6. The number of aryl methyl sites for hydroxylation is 1. The number of carbonyl (C=O) groups is 2. The molecule has 3 aromatic carbocycles. The highest BCUT2D eigenvalue weighted by Crippen LogP contribution is 2.33. The average molecular weight is 579 g/mol. The molecule has 0 bridgehead atoms. The summed E-state index contributed by atoms with van der Waals surface area (Å²) in [4.78, 5) is 36.2. The van der Waals surface area contributed by atoms with Crippen LogP contribution in [0.25, 0.3) is 22.2 Å². The Morgan fingerprint density at radius 3 is 2.55 bits per heavy atom. The summed E-state index contributed by atoms with van der Waals surface area (Å²) in [5, 5.41) is 7.30. The second kappa shape index (κ2) is 12.8. The summed E-state index contributed by atoms with van der Waals surface area (Å²) in [5.74, 6) is 0.150. The molecule has 2 heterocycles. The fourth-order valence-corrected chi connectivity index (χ4v) is 4.81. The van der Waals surface area contributed by atoms with Crippen LogP contribution in [-0.2, 0) is 18.3 Å². The molecule has 0 fully saturated rings. The van der Waals surface area contributed by atoms with Gasteiger partial charge in [0.2, 0.25) is 5.91 Å². The third-order valence-electron chi connectivity index (χ3n) is 6.65. The molecule has 212 valence electrons. The Balaban J connectivity index is 1.26. The van der Waals surface area contributed by atoms with Crippen molar-refractivity contribution < 1.29 is 9.59 Å². The molecule has 2 aromatic heterocycles. The van der Waals surface area contributed by atoms with Crippen LogP contribution in [0, 0.1) is 0 Å². The van der Waals surface area contributed by atoms with E-state index in [0.717, 1.165) is 22.0 Å². The zero-order chi connectivity index (χ0) is 29.6. The van der Waals surface area contributed by atoms with Gasteiger partial charge in [0.25, 0.3) is 5.91 Å². The van der Waals surface area contributed by atoms with Gasteiger partial charge in [-0.05, 0) is 62.1 Å². The zero-order valence-corrected chi connectivity index (χ0v) is 24.4. The van der Waals surface area contributed by atoms with Gasteiger partial charge in [-0.1, -0.05) is 48.0 Å². The molecule has 0 aliphatic rings. The molecule has 5 aromatic rings. The quantitative estimate of drug-likeness (QED) is 0.204. The van der Waals surface area contributed by atoms with E-state index < -0.39 is 0 Å². The molecule has 0 atom stereocenters. The number of benzene rings is 3. The van der Waals surface area contributed by atoms with E-state index in [4.69, 9.17) is 16.6 Å². The number of halogens is 1. The molecule has 42 heavy (non-hydrogen) atoms.